The lowest BCUT2D eigenvalue weighted by Crippen LogP contribution is -2.32. The van der Waals surface area contributed by atoms with Gasteiger partial charge in [-0.25, -0.2) is 8.78 Å². The summed E-state index contributed by atoms with van der Waals surface area (Å²) in [6, 6.07) is 0. The van der Waals surface area contributed by atoms with Crippen LogP contribution in [0.4, 0.5) is 17.6 Å². The molecule has 2 nitrogen and oxygen atoms in total. The molecule has 0 radical (unpaired) electrons. The Kier molecular flexibility index (Phi) is 6.75. The summed E-state index contributed by atoms with van der Waals surface area (Å²) in [6.07, 6.45) is -2.11. The zero-order valence-corrected chi connectivity index (χ0v) is 8.84. The van der Waals surface area contributed by atoms with E-state index in [1.165, 1.54) is 0 Å². The Morgan fingerprint density at radius 2 is 1.93 bits per heavy atom. The molecule has 0 rings (SSSR count). The summed E-state index contributed by atoms with van der Waals surface area (Å²) in [6.45, 7) is -1.25. The number of thiocarbonyl (C=S) groups is 1. The number of alkyl halides is 4. The van der Waals surface area contributed by atoms with Crippen LogP contribution >= 0.6 is 12.2 Å². The van der Waals surface area contributed by atoms with Crippen LogP contribution in [0.15, 0.2) is 0 Å². The molecule has 0 heterocycles. The molecule has 0 amide bonds. The van der Waals surface area contributed by atoms with Crippen molar-refractivity contribution in [3.8, 4) is 0 Å². The predicted octanol–water partition coefficient (Wildman–Crippen LogP) is 2.36. The summed E-state index contributed by atoms with van der Waals surface area (Å²) < 4.78 is 52.2. The van der Waals surface area contributed by atoms with E-state index in [0.717, 1.165) is 0 Å². The van der Waals surface area contributed by atoms with Gasteiger partial charge in [0.1, 0.15) is 6.61 Å². The number of rotatable bonds is 8. The van der Waals surface area contributed by atoms with E-state index < -0.39 is 19.0 Å². The fourth-order valence-electron chi connectivity index (χ4n) is 0.775. The molecule has 0 bridgehead atoms. The first kappa shape index (κ1) is 14.6. The standard InChI is InChI=1S/C8H13F4NOS/c9-7(10)8(11,12)5-14-4-2-1-3-6(13)15/h7H,1-5H2,(H2,13,15). The van der Waals surface area contributed by atoms with Crippen LogP contribution in [0.1, 0.15) is 19.3 Å². The Balaban J connectivity index is 3.42. The molecule has 0 aliphatic rings. The van der Waals surface area contributed by atoms with Crippen molar-refractivity contribution < 1.29 is 22.3 Å². The first-order valence-corrected chi connectivity index (χ1v) is 4.79. The highest BCUT2D eigenvalue weighted by atomic mass is 32.1. The summed E-state index contributed by atoms with van der Waals surface area (Å²) in [5, 5.41) is 0. The zero-order valence-electron chi connectivity index (χ0n) is 8.02. The number of unbranched alkanes of at least 4 members (excludes halogenated alkanes) is 1. The third kappa shape index (κ3) is 7.49. The van der Waals surface area contributed by atoms with Gasteiger partial charge in [-0.3, -0.25) is 0 Å². The molecule has 0 spiro atoms. The summed E-state index contributed by atoms with van der Waals surface area (Å²) in [7, 11) is 0. The maximum atomic E-state index is 12.3. The van der Waals surface area contributed by atoms with Crippen LogP contribution in [0.5, 0.6) is 0 Å². The lowest BCUT2D eigenvalue weighted by atomic mass is 10.2. The lowest BCUT2D eigenvalue weighted by molar-refractivity contribution is -0.165. The highest BCUT2D eigenvalue weighted by Crippen LogP contribution is 2.22. The van der Waals surface area contributed by atoms with E-state index >= 15 is 0 Å². The van der Waals surface area contributed by atoms with Gasteiger partial charge in [-0.05, 0) is 19.3 Å². The van der Waals surface area contributed by atoms with E-state index in [0.29, 0.717) is 24.3 Å². The van der Waals surface area contributed by atoms with Crippen LogP contribution in [-0.4, -0.2) is 30.6 Å². The van der Waals surface area contributed by atoms with Crippen molar-refractivity contribution in [2.75, 3.05) is 13.2 Å². The van der Waals surface area contributed by atoms with Crippen LogP contribution in [0.2, 0.25) is 0 Å². The molecule has 0 atom stereocenters. The SMILES string of the molecule is NC(=S)CCCCOCC(F)(F)C(F)F. The Morgan fingerprint density at radius 3 is 2.40 bits per heavy atom. The first-order chi connectivity index (χ1) is 6.86. The van der Waals surface area contributed by atoms with Gasteiger partial charge in [0.15, 0.2) is 0 Å². The first-order valence-electron chi connectivity index (χ1n) is 4.38. The van der Waals surface area contributed by atoms with Gasteiger partial charge in [-0.2, -0.15) is 8.78 Å². The maximum Gasteiger partial charge on any atom is 0.330 e. The lowest BCUT2D eigenvalue weighted by Gasteiger charge is -2.14. The Hall–Kier alpha value is -0.430. The average Bonchev–Trinajstić information content (AvgIpc) is 2.10. The van der Waals surface area contributed by atoms with Gasteiger partial charge in [0.05, 0.1) is 4.99 Å². The zero-order chi connectivity index (χ0) is 11.9. The van der Waals surface area contributed by atoms with Crippen molar-refractivity contribution in [2.24, 2.45) is 5.73 Å². The minimum Gasteiger partial charge on any atom is -0.393 e. The van der Waals surface area contributed by atoms with Gasteiger partial charge in [0.2, 0.25) is 0 Å². The number of hydrogen-bond donors (Lipinski definition) is 1. The van der Waals surface area contributed by atoms with Crippen molar-refractivity contribution in [1.29, 1.82) is 0 Å². The summed E-state index contributed by atoms with van der Waals surface area (Å²) in [5.74, 6) is -4.07. The minimum atomic E-state index is -4.07. The highest BCUT2D eigenvalue weighted by Gasteiger charge is 2.40. The Morgan fingerprint density at radius 1 is 1.33 bits per heavy atom. The topological polar surface area (TPSA) is 35.2 Å². The fourth-order valence-corrected chi connectivity index (χ4v) is 0.919. The molecule has 0 saturated heterocycles. The monoisotopic (exact) mass is 247 g/mol. The molecule has 2 N–H and O–H groups in total. The predicted molar refractivity (Wildman–Crippen MR) is 52.4 cm³/mol. The van der Waals surface area contributed by atoms with Crippen molar-refractivity contribution in [1.82, 2.24) is 0 Å². The normalized spacial score (nSPS) is 12.1. The molecule has 0 fully saturated rings. The molecule has 90 valence electrons. The molecule has 15 heavy (non-hydrogen) atoms. The molecule has 0 saturated carbocycles. The molecule has 7 heteroatoms. The smallest absolute Gasteiger partial charge is 0.330 e. The van der Waals surface area contributed by atoms with Crippen LogP contribution in [-0.2, 0) is 4.74 Å². The molecule has 0 unspecified atom stereocenters. The number of hydrogen-bond acceptors (Lipinski definition) is 2. The second kappa shape index (κ2) is 6.95. The summed E-state index contributed by atoms with van der Waals surface area (Å²) in [5.41, 5.74) is 5.19. The van der Waals surface area contributed by atoms with Gasteiger partial charge >= 0.3 is 12.3 Å². The average molecular weight is 247 g/mol. The second-order valence-electron chi connectivity index (χ2n) is 3.04. The molecular formula is C8H13F4NOS. The third-order valence-corrected chi connectivity index (χ3v) is 1.78. The second-order valence-corrected chi connectivity index (χ2v) is 3.56. The maximum absolute atomic E-state index is 12.3. The van der Waals surface area contributed by atoms with Crippen LogP contribution in [0, 0.1) is 0 Å². The van der Waals surface area contributed by atoms with Gasteiger partial charge in [0, 0.05) is 6.61 Å². The van der Waals surface area contributed by atoms with E-state index in [1.54, 1.807) is 0 Å². The van der Waals surface area contributed by atoms with Gasteiger partial charge in [-0.1, -0.05) is 12.2 Å². The van der Waals surface area contributed by atoms with E-state index in [9.17, 15) is 17.6 Å². The molecule has 0 aliphatic carbocycles. The van der Waals surface area contributed by atoms with E-state index in [2.05, 4.69) is 17.0 Å². The van der Waals surface area contributed by atoms with Gasteiger partial charge < -0.3 is 10.5 Å². The van der Waals surface area contributed by atoms with E-state index in [-0.39, 0.29) is 6.61 Å². The van der Waals surface area contributed by atoms with E-state index in [1.807, 2.05) is 0 Å². The summed E-state index contributed by atoms with van der Waals surface area (Å²) >= 11 is 4.58. The molecule has 0 aromatic carbocycles. The molecule has 0 aromatic heterocycles. The van der Waals surface area contributed by atoms with E-state index in [4.69, 9.17) is 5.73 Å². The van der Waals surface area contributed by atoms with Crippen LogP contribution in [0.3, 0.4) is 0 Å². The minimum absolute atomic E-state index is 0.00488. The molecule has 0 aromatic rings. The fraction of sp³-hybridized carbons (Fsp3) is 0.875. The Bertz CT molecular complexity index is 201. The van der Waals surface area contributed by atoms with Crippen LogP contribution in [0.25, 0.3) is 0 Å². The quantitative estimate of drug-likeness (QED) is 0.406. The number of halogens is 4. The molecular weight excluding hydrogens is 234 g/mol. The van der Waals surface area contributed by atoms with Crippen molar-refractivity contribution in [2.45, 2.75) is 31.6 Å². The van der Waals surface area contributed by atoms with Crippen LogP contribution < -0.4 is 5.73 Å². The van der Waals surface area contributed by atoms with Crippen molar-refractivity contribution >= 4 is 17.2 Å². The summed E-state index contributed by atoms with van der Waals surface area (Å²) in [4.78, 5) is 0.341. The van der Waals surface area contributed by atoms with Gasteiger partial charge in [-0.15, -0.1) is 0 Å². The highest BCUT2D eigenvalue weighted by molar-refractivity contribution is 7.80. The van der Waals surface area contributed by atoms with Crippen molar-refractivity contribution in [3.63, 3.8) is 0 Å². The number of ether oxygens (including phenoxy) is 1. The Labute approximate surface area is 90.8 Å². The van der Waals surface area contributed by atoms with Crippen molar-refractivity contribution in [3.05, 3.63) is 0 Å². The molecule has 0 aliphatic heterocycles. The third-order valence-electron chi connectivity index (χ3n) is 1.58. The number of nitrogens with two attached hydrogens (primary N) is 1. The van der Waals surface area contributed by atoms with Gasteiger partial charge in [0.25, 0.3) is 0 Å². The largest absolute Gasteiger partial charge is 0.393 e.